The van der Waals surface area contributed by atoms with E-state index in [2.05, 4.69) is 10.3 Å². The van der Waals surface area contributed by atoms with Crippen LogP contribution >= 0.6 is 11.6 Å². The number of nitrogens with zero attached hydrogens (tertiary/aromatic N) is 1. The van der Waals surface area contributed by atoms with Gasteiger partial charge >= 0.3 is 5.97 Å². The van der Waals surface area contributed by atoms with E-state index in [4.69, 9.17) is 25.5 Å². The number of aryl methyl sites for hydroxylation is 1. The first-order valence-corrected chi connectivity index (χ1v) is 12.2. The van der Waals surface area contributed by atoms with Crippen molar-refractivity contribution in [2.24, 2.45) is 0 Å². The fraction of sp³-hybridized carbons (Fsp3) is 0.286. The van der Waals surface area contributed by atoms with E-state index in [-0.39, 0.29) is 0 Å². The van der Waals surface area contributed by atoms with E-state index in [1.807, 2.05) is 54.6 Å². The maximum absolute atomic E-state index is 11.5. The van der Waals surface area contributed by atoms with Crippen molar-refractivity contribution in [2.75, 3.05) is 13.1 Å². The van der Waals surface area contributed by atoms with Gasteiger partial charge in [0.15, 0.2) is 17.3 Å². The van der Waals surface area contributed by atoms with Gasteiger partial charge in [-0.05, 0) is 81.3 Å². The van der Waals surface area contributed by atoms with E-state index in [0.29, 0.717) is 41.1 Å². The van der Waals surface area contributed by atoms with Gasteiger partial charge in [-0.3, -0.25) is 0 Å². The minimum Gasteiger partial charge on any atom is -0.479 e. The molecular weight excluding hydrogens is 480 g/mol. The van der Waals surface area contributed by atoms with Crippen LogP contribution in [0.3, 0.4) is 0 Å². The normalized spacial score (nSPS) is 12.4. The summed E-state index contributed by atoms with van der Waals surface area (Å²) < 4.78 is 17.9. The molecule has 0 saturated heterocycles. The van der Waals surface area contributed by atoms with Crippen LogP contribution in [-0.2, 0) is 11.2 Å². The van der Waals surface area contributed by atoms with Gasteiger partial charge in [-0.15, -0.1) is 0 Å². The van der Waals surface area contributed by atoms with Crippen molar-refractivity contribution in [2.45, 2.75) is 38.4 Å². The minimum atomic E-state index is -1.31. The fourth-order valence-corrected chi connectivity index (χ4v) is 3.78. The topological polar surface area (TPSA) is 93.8 Å². The molecule has 188 valence electrons. The van der Waals surface area contributed by atoms with Gasteiger partial charge in [0.2, 0.25) is 5.89 Å². The Morgan fingerprint density at radius 2 is 1.81 bits per heavy atom. The molecule has 1 heterocycles. The summed E-state index contributed by atoms with van der Waals surface area (Å²) in [6.45, 7) is 4.28. The minimum absolute atomic E-state index is 0.439. The van der Waals surface area contributed by atoms with Crippen LogP contribution in [0.15, 0.2) is 77.2 Å². The number of benzene rings is 3. The maximum atomic E-state index is 11.5. The van der Waals surface area contributed by atoms with Gasteiger partial charge in [0.25, 0.3) is 0 Å². The number of carboxylic acids is 1. The second kappa shape index (κ2) is 11.5. The highest BCUT2D eigenvalue weighted by molar-refractivity contribution is 6.30. The third kappa shape index (κ3) is 6.56. The molecule has 4 aromatic rings. The molecule has 0 saturated carbocycles. The molecule has 7 nitrogen and oxygen atoms in total. The first-order valence-electron chi connectivity index (χ1n) is 11.8. The van der Waals surface area contributed by atoms with Crippen molar-refractivity contribution < 1.29 is 23.8 Å². The first kappa shape index (κ1) is 25.5. The largest absolute Gasteiger partial charge is 0.479 e. The first-order chi connectivity index (χ1) is 17.3. The summed E-state index contributed by atoms with van der Waals surface area (Å²) in [7, 11) is 0. The number of ether oxygens (including phenoxy) is 2. The molecular formula is C28H29ClN2O5. The van der Waals surface area contributed by atoms with E-state index in [1.54, 1.807) is 32.0 Å². The van der Waals surface area contributed by atoms with Crippen LogP contribution in [-0.4, -0.2) is 34.8 Å². The van der Waals surface area contributed by atoms with Crippen LogP contribution in [0.2, 0.25) is 5.02 Å². The van der Waals surface area contributed by atoms with Gasteiger partial charge in [-0.1, -0.05) is 41.9 Å². The van der Waals surface area contributed by atoms with Crippen LogP contribution in [0.25, 0.3) is 11.1 Å². The molecule has 0 amide bonds. The number of hydrogen-bond donors (Lipinski definition) is 2. The molecule has 36 heavy (non-hydrogen) atoms. The number of aliphatic carboxylic acids is 1. The van der Waals surface area contributed by atoms with Crippen molar-refractivity contribution in [1.29, 1.82) is 0 Å². The molecule has 4 rings (SSSR count). The summed E-state index contributed by atoms with van der Waals surface area (Å²) in [6.07, 6.45) is 1.10. The Labute approximate surface area is 215 Å². The average molecular weight is 509 g/mol. The third-order valence-electron chi connectivity index (χ3n) is 5.66. The van der Waals surface area contributed by atoms with Crippen LogP contribution in [0.5, 0.6) is 11.5 Å². The van der Waals surface area contributed by atoms with E-state index in [0.717, 1.165) is 23.9 Å². The van der Waals surface area contributed by atoms with Crippen LogP contribution in [0.4, 0.5) is 0 Å². The Morgan fingerprint density at radius 1 is 1.08 bits per heavy atom. The monoisotopic (exact) mass is 508 g/mol. The van der Waals surface area contributed by atoms with Crippen LogP contribution < -0.4 is 14.8 Å². The molecule has 1 unspecified atom stereocenters. The van der Waals surface area contributed by atoms with Gasteiger partial charge in [-0.2, -0.15) is 0 Å². The van der Waals surface area contributed by atoms with Gasteiger partial charge in [0, 0.05) is 11.6 Å². The average Bonchev–Trinajstić information content (AvgIpc) is 3.29. The lowest BCUT2D eigenvalue weighted by Crippen LogP contribution is -2.38. The van der Waals surface area contributed by atoms with E-state index >= 15 is 0 Å². The van der Waals surface area contributed by atoms with Crippen molar-refractivity contribution in [3.8, 4) is 11.5 Å². The van der Waals surface area contributed by atoms with Gasteiger partial charge in [0.1, 0.15) is 17.0 Å². The molecule has 1 atom stereocenters. The van der Waals surface area contributed by atoms with Gasteiger partial charge < -0.3 is 24.3 Å². The highest BCUT2D eigenvalue weighted by Gasteiger charge is 2.30. The Hall–Kier alpha value is -3.55. The van der Waals surface area contributed by atoms with Gasteiger partial charge in [-0.25, -0.2) is 9.78 Å². The summed E-state index contributed by atoms with van der Waals surface area (Å²) in [4.78, 5) is 16.1. The molecule has 0 bridgehead atoms. The summed E-state index contributed by atoms with van der Waals surface area (Å²) in [5.41, 5.74) is 1.14. The van der Waals surface area contributed by atoms with Crippen molar-refractivity contribution in [3.05, 3.63) is 89.3 Å². The number of nitrogens with one attached hydrogen (secondary N) is 1. The molecule has 0 spiro atoms. The predicted molar refractivity (Wildman–Crippen MR) is 139 cm³/mol. The second-order valence-corrected chi connectivity index (χ2v) is 9.35. The number of carboxylic acid groups (broad SMARTS) is 1. The lowest BCUT2D eigenvalue weighted by molar-refractivity contribution is -0.152. The highest BCUT2D eigenvalue weighted by Crippen LogP contribution is 2.27. The van der Waals surface area contributed by atoms with E-state index in [1.165, 1.54) is 0 Å². The summed E-state index contributed by atoms with van der Waals surface area (Å²) in [6, 6.07) is 22.3. The van der Waals surface area contributed by atoms with Crippen molar-refractivity contribution in [3.63, 3.8) is 0 Å². The molecule has 2 N–H and O–H groups in total. The highest BCUT2D eigenvalue weighted by atomic mass is 35.5. The van der Waals surface area contributed by atoms with E-state index in [9.17, 15) is 9.90 Å². The Balaban J connectivity index is 1.38. The lowest BCUT2D eigenvalue weighted by atomic mass is 10.1. The molecule has 0 fully saturated rings. The lowest BCUT2D eigenvalue weighted by Gasteiger charge is -2.23. The number of rotatable bonds is 12. The zero-order valence-corrected chi connectivity index (χ0v) is 21.0. The molecule has 0 aliphatic carbocycles. The Bertz CT molecular complexity index is 1270. The number of oxazole rings is 1. The maximum Gasteiger partial charge on any atom is 0.347 e. The molecule has 0 aliphatic rings. The number of halogens is 1. The SMILES string of the molecule is CC(C)(Oc1ccccc1CCCNCC(Oc1ccc(Cl)cc1)c1nc2ccccc2o1)C(=O)O. The zero-order chi connectivity index (χ0) is 25.5. The molecule has 3 aromatic carbocycles. The quantitative estimate of drug-likeness (QED) is 0.224. The second-order valence-electron chi connectivity index (χ2n) is 8.91. The molecule has 1 aromatic heterocycles. The van der Waals surface area contributed by atoms with Crippen LogP contribution in [0.1, 0.15) is 37.8 Å². The van der Waals surface area contributed by atoms with Crippen molar-refractivity contribution >= 4 is 28.7 Å². The molecule has 0 aliphatic heterocycles. The molecule has 0 radical (unpaired) electrons. The number of para-hydroxylation sites is 3. The van der Waals surface area contributed by atoms with E-state index < -0.39 is 17.7 Å². The number of hydrogen-bond acceptors (Lipinski definition) is 6. The summed E-state index contributed by atoms with van der Waals surface area (Å²) >= 11 is 6.01. The van der Waals surface area contributed by atoms with Crippen LogP contribution in [0, 0.1) is 0 Å². The Kier molecular flexibility index (Phi) is 8.13. The third-order valence-corrected chi connectivity index (χ3v) is 5.91. The van der Waals surface area contributed by atoms with Crippen molar-refractivity contribution in [1.82, 2.24) is 10.3 Å². The zero-order valence-electron chi connectivity index (χ0n) is 20.2. The fourth-order valence-electron chi connectivity index (χ4n) is 3.65. The number of carbonyl (C=O) groups is 1. The predicted octanol–water partition coefficient (Wildman–Crippen LogP) is 6.07. The summed E-state index contributed by atoms with van der Waals surface area (Å²) in [5, 5.41) is 13.4. The number of aromatic nitrogens is 1. The van der Waals surface area contributed by atoms with Gasteiger partial charge in [0.05, 0.1) is 0 Å². The molecule has 8 heteroatoms. The number of fused-ring (bicyclic) bond motifs is 1. The standard InChI is InChI=1S/C28H29ClN2O5/c1-28(2,27(32)33)36-23-11-5-3-8-19(23)9-7-17-30-18-25(34-21-15-13-20(29)14-16-21)26-31-22-10-4-6-12-24(22)35-26/h3-6,8,10-16,25,30H,7,9,17-18H2,1-2H3,(H,32,33). The summed E-state index contributed by atoms with van der Waals surface area (Å²) in [5.74, 6) is 0.735. The smallest absolute Gasteiger partial charge is 0.347 e. The Morgan fingerprint density at radius 3 is 2.56 bits per heavy atom.